The maximum absolute atomic E-state index is 8.38. The van der Waals surface area contributed by atoms with Gasteiger partial charge >= 0.3 is 0 Å². The summed E-state index contributed by atoms with van der Waals surface area (Å²) in [5.41, 5.74) is 0. The summed E-state index contributed by atoms with van der Waals surface area (Å²) in [7, 11) is 1.86. The predicted molar refractivity (Wildman–Crippen MR) is 50.5 cm³/mol. The standard InChI is InChI=1S/C8H9ClN4/c1-13(4-2-3-10)8-5-7(9)11-6-12-8/h5-6H,2,4H2,1H3. The van der Waals surface area contributed by atoms with Crippen LogP contribution in [0.5, 0.6) is 0 Å². The van der Waals surface area contributed by atoms with Crippen LogP contribution in [0.3, 0.4) is 0 Å². The Morgan fingerprint density at radius 1 is 1.62 bits per heavy atom. The van der Waals surface area contributed by atoms with E-state index in [1.165, 1.54) is 6.33 Å². The third-order valence-electron chi connectivity index (χ3n) is 1.57. The number of rotatable bonds is 3. The van der Waals surface area contributed by atoms with E-state index in [1.807, 2.05) is 11.9 Å². The zero-order chi connectivity index (χ0) is 9.68. The second-order valence-electron chi connectivity index (χ2n) is 2.53. The number of nitriles is 1. The molecule has 0 atom stereocenters. The number of anilines is 1. The van der Waals surface area contributed by atoms with Gasteiger partial charge in [-0.25, -0.2) is 9.97 Å². The van der Waals surface area contributed by atoms with Crippen LogP contribution in [-0.2, 0) is 0 Å². The molecule has 0 N–H and O–H groups in total. The van der Waals surface area contributed by atoms with Crippen LogP contribution in [0.1, 0.15) is 6.42 Å². The van der Waals surface area contributed by atoms with Gasteiger partial charge in [-0.3, -0.25) is 0 Å². The van der Waals surface area contributed by atoms with Gasteiger partial charge in [0.15, 0.2) is 0 Å². The molecule has 0 bridgehead atoms. The average Bonchev–Trinajstić information content (AvgIpc) is 2.14. The lowest BCUT2D eigenvalue weighted by molar-refractivity contribution is 0.879. The Morgan fingerprint density at radius 2 is 2.38 bits per heavy atom. The van der Waals surface area contributed by atoms with E-state index in [0.29, 0.717) is 18.1 Å². The topological polar surface area (TPSA) is 52.8 Å². The van der Waals surface area contributed by atoms with E-state index >= 15 is 0 Å². The Bertz CT molecular complexity index is 320. The van der Waals surface area contributed by atoms with Crippen molar-refractivity contribution >= 4 is 17.4 Å². The van der Waals surface area contributed by atoms with Gasteiger partial charge in [0, 0.05) is 19.7 Å². The van der Waals surface area contributed by atoms with Crippen molar-refractivity contribution in [1.82, 2.24) is 9.97 Å². The van der Waals surface area contributed by atoms with Crippen LogP contribution < -0.4 is 4.90 Å². The van der Waals surface area contributed by atoms with Crippen molar-refractivity contribution in [2.45, 2.75) is 6.42 Å². The molecule has 0 saturated heterocycles. The maximum Gasteiger partial charge on any atom is 0.134 e. The van der Waals surface area contributed by atoms with E-state index < -0.39 is 0 Å². The summed E-state index contributed by atoms with van der Waals surface area (Å²) in [5, 5.41) is 8.79. The van der Waals surface area contributed by atoms with Crippen molar-refractivity contribution in [3.8, 4) is 6.07 Å². The van der Waals surface area contributed by atoms with E-state index in [4.69, 9.17) is 16.9 Å². The summed E-state index contributed by atoms with van der Waals surface area (Å²) in [5.74, 6) is 0.732. The Hall–Kier alpha value is -1.34. The monoisotopic (exact) mass is 196 g/mol. The lowest BCUT2D eigenvalue weighted by Crippen LogP contribution is -2.19. The molecule has 5 heteroatoms. The molecule has 0 radical (unpaired) electrons. The predicted octanol–water partition coefficient (Wildman–Crippen LogP) is 1.48. The number of hydrogen-bond donors (Lipinski definition) is 0. The first-order valence-electron chi connectivity index (χ1n) is 3.79. The van der Waals surface area contributed by atoms with Gasteiger partial charge in [-0.15, -0.1) is 0 Å². The fourth-order valence-electron chi connectivity index (χ4n) is 0.865. The molecule has 0 aliphatic rings. The van der Waals surface area contributed by atoms with Gasteiger partial charge in [-0.1, -0.05) is 11.6 Å². The molecule has 0 aliphatic heterocycles. The quantitative estimate of drug-likeness (QED) is 0.688. The molecular weight excluding hydrogens is 188 g/mol. The van der Waals surface area contributed by atoms with Gasteiger partial charge in [-0.2, -0.15) is 5.26 Å². The molecule has 0 aliphatic carbocycles. The maximum atomic E-state index is 8.38. The zero-order valence-corrected chi connectivity index (χ0v) is 7.99. The minimum absolute atomic E-state index is 0.411. The molecule has 0 fully saturated rings. The van der Waals surface area contributed by atoms with Crippen molar-refractivity contribution in [3.05, 3.63) is 17.5 Å². The molecule has 0 saturated carbocycles. The van der Waals surface area contributed by atoms with Gasteiger partial charge in [-0.05, 0) is 0 Å². The molecule has 68 valence electrons. The number of aromatic nitrogens is 2. The Morgan fingerprint density at radius 3 is 3.00 bits per heavy atom. The first-order chi connectivity index (χ1) is 6.24. The van der Waals surface area contributed by atoms with Crippen LogP contribution in [-0.4, -0.2) is 23.6 Å². The Labute approximate surface area is 81.8 Å². The molecule has 1 heterocycles. The molecule has 0 amide bonds. The van der Waals surface area contributed by atoms with Crippen molar-refractivity contribution in [2.75, 3.05) is 18.5 Å². The molecule has 0 unspecified atom stereocenters. The van der Waals surface area contributed by atoms with E-state index in [0.717, 1.165) is 5.82 Å². The zero-order valence-electron chi connectivity index (χ0n) is 7.24. The number of halogens is 1. The molecule has 1 rings (SSSR count). The summed E-state index contributed by atoms with van der Waals surface area (Å²) >= 11 is 5.68. The van der Waals surface area contributed by atoms with Crippen LogP contribution in [0.25, 0.3) is 0 Å². The van der Waals surface area contributed by atoms with Crippen molar-refractivity contribution < 1.29 is 0 Å². The van der Waals surface area contributed by atoms with Crippen LogP contribution in [0.2, 0.25) is 5.15 Å². The van der Waals surface area contributed by atoms with Crippen LogP contribution >= 0.6 is 11.6 Å². The Balaban J connectivity index is 2.66. The van der Waals surface area contributed by atoms with E-state index in [2.05, 4.69) is 16.0 Å². The molecule has 0 spiro atoms. The normalized spacial score (nSPS) is 9.31. The molecule has 1 aromatic heterocycles. The van der Waals surface area contributed by atoms with Gasteiger partial charge in [0.05, 0.1) is 12.5 Å². The third-order valence-corrected chi connectivity index (χ3v) is 1.78. The fraction of sp³-hybridized carbons (Fsp3) is 0.375. The second kappa shape index (κ2) is 4.63. The summed E-state index contributed by atoms with van der Waals surface area (Å²) < 4.78 is 0. The molecule has 13 heavy (non-hydrogen) atoms. The van der Waals surface area contributed by atoms with E-state index in [9.17, 15) is 0 Å². The molecule has 4 nitrogen and oxygen atoms in total. The second-order valence-corrected chi connectivity index (χ2v) is 2.92. The lowest BCUT2D eigenvalue weighted by Gasteiger charge is -2.15. The van der Waals surface area contributed by atoms with Gasteiger partial charge < -0.3 is 4.90 Å². The first-order valence-corrected chi connectivity index (χ1v) is 4.17. The summed E-state index contributed by atoms with van der Waals surface area (Å²) in [6.07, 6.45) is 1.87. The smallest absolute Gasteiger partial charge is 0.134 e. The lowest BCUT2D eigenvalue weighted by atomic mass is 10.4. The minimum atomic E-state index is 0.411. The van der Waals surface area contributed by atoms with Gasteiger partial charge in [0.25, 0.3) is 0 Å². The van der Waals surface area contributed by atoms with Gasteiger partial charge in [0.2, 0.25) is 0 Å². The van der Waals surface area contributed by atoms with Crippen LogP contribution in [0, 0.1) is 11.3 Å². The van der Waals surface area contributed by atoms with E-state index in [1.54, 1.807) is 6.07 Å². The third kappa shape index (κ3) is 2.88. The SMILES string of the molecule is CN(CCC#N)c1cc(Cl)ncn1. The Kier molecular flexibility index (Phi) is 3.47. The molecule has 1 aromatic rings. The van der Waals surface area contributed by atoms with Crippen LogP contribution in [0.4, 0.5) is 5.82 Å². The van der Waals surface area contributed by atoms with Crippen LogP contribution in [0.15, 0.2) is 12.4 Å². The van der Waals surface area contributed by atoms with Gasteiger partial charge in [0.1, 0.15) is 17.3 Å². The minimum Gasteiger partial charge on any atom is -0.359 e. The van der Waals surface area contributed by atoms with Crippen molar-refractivity contribution in [2.24, 2.45) is 0 Å². The number of nitrogens with zero attached hydrogens (tertiary/aromatic N) is 4. The first kappa shape index (κ1) is 9.75. The summed E-state index contributed by atoms with van der Waals surface area (Å²) in [6, 6.07) is 3.73. The summed E-state index contributed by atoms with van der Waals surface area (Å²) in [6.45, 7) is 0.643. The summed E-state index contributed by atoms with van der Waals surface area (Å²) in [4.78, 5) is 9.64. The highest BCUT2D eigenvalue weighted by Crippen LogP contribution is 2.12. The number of hydrogen-bond acceptors (Lipinski definition) is 4. The highest BCUT2D eigenvalue weighted by atomic mass is 35.5. The molecule has 0 aromatic carbocycles. The van der Waals surface area contributed by atoms with Crippen molar-refractivity contribution in [3.63, 3.8) is 0 Å². The van der Waals surface area contributed by atoms with E-state index in [-0.39, 0.29) is 0 Å². The fourth-order valence-corrected chi connectivity index (χ4v) is 1.01. The average molecular weight is 197 g/mol. The highest BCUT2D eigenvalue weighted by molar-refractivity contribution is 6.29. The largest absolute Gasteiger partial charge is 0.359 e. The highest BCUT2D eigenvalue weighted by Gasteiger charge is 2.01. The van der Waals surface area contributed by atoms with Crippen molar-refractivity contribution in [1.29, 1.82) is 5.26 Å². The molecular formula is C8H9ClN4.